The zero-order chi connectivity index (χ0) is 19.3. The minimum Gasteiger partial charge on any atom is -0.377 e. The number of hydrogen-bond acceptors (Lipinski definition) is 5. The van der Waals surface area contributed by atoms with Crippen molar-refractivity contribution in [2.45, 2.75) is 18.9 Å². The first-order valence-electron chi connectivity index (χ1n) is 9.78. The standard InChI is InChI=1S/C21H25N3O3S/c25-20(19-8-4-14-28-19)22-18-7-2-1-6-17(18)21(26)24-11-9-23(10-12-24)15-16-5-3-13-27-16/h1-2,4,6-8,14,16H,3,5,9-13,15H2,(H,22,25). The molecule has 2 aliphatic heterocycles. The molecule has 1 aromatic carbocycles. The van der Waals surface area contributed by atoms with Crippen LogP contribution in [0.3, 0.4) is 0 Å². The van der Waals surface area contributed by atoms with Crippen molar-refractivity contribution in [1.82, 2.24) is 9.80 Å². The van der Waals surface area contributed by atoms with Crippen molar-refractivity contribution in [2.24, 2.45) is 0 Å². The molecule has 0 spiro atoms. The van der Waals surface area contributed by atoms with Gasteiger partial charge in [0.15, 0.2) is 0 Å². The number of para-hydroxylation sites is 1. The summed E-state index contributed by atoms with van der Waals surface area (Å²) in [6.07, 6.45) is 2.63. The van der Waals surface area contributed by atoms with E-state index < -0.39 is 0 Å². The van der Waals surface area contributed by atoms with E-state index in [1.165, 1.54) is 11.3 Å². The quantitative estimate of drug-likeness (QED) is 0.840. The first-order chi connectivity index (χ1) is 13.7. The van der Waals surface area contributed by atoms with Gasteiger partial charge in [0.25, 0.3) is 11.8 Å². The molecule has 2 aromatic rings. The van der Waals surface area contributed by atoms with E-state index in [-0.39, 0.29) is 11.8 Å². The fourth-order valence-corrected chi connectivity index (χ4v) is 4.37. The number of benzene rings is 1. The molecule has 1 aromatic heterocycles. The average molecular weight is 400 g/mol. The number of ether oxygens (including phenoxy) is 1. The van der Waals surface area contributed by atoms with Crippen LogP contribution in [0.4, 0.5) is 5.69 Å². The number of nitrogens with one attached hydrogen (secondary N) is 1. The molecule has 0 bridgehead atoms. The first-order valence-corrected chi connectivity index (χ1v) is 10.7. The van der Waals surface area contributed by atoms with Crippen LogP contribution in [0.1, 0.15) is 32.9 Å². The lowest BCUT2D eigenvalue weighted by Gasteiger charge is -2.36. The average Bonchev–Trinajstić information content (AvgIpc) is 3.43. The third-order valence-electron chi connectivity index (χ3n) is 5.30. The number of rotatable bonds is 5. The number of thiophene rings is 1. The molecule has 2 saturated heterocycles. The van der Waals surface area contributed by atoms with Crippen molar-refractivity contribution in [3.05, 3.63) is 52.2 Å². The molecule has 7 heteroatoms. The van der Waals surface area contributed by atoms with Crippen LogP contribution < -0.4 is 5.32 Å². The molecule has 3 heterocycles. The van der Waals surface area contributed by atoms with Gasteiger partial charge in [-0.1, -0.05) is 18.2 Å². The van der Waals surface area contributed by atoms with Crippen LogP contribution in [0.5, 0.6) is 0 Å². The van der Waals surface area contributed by atoms with Crippen LogP contribution in [0.25, 0.3) is 0 Å². The third-order valence-corrected chi connectivity index (χ3v) is 6.16. The highest BCUT2D eigenvalue weighted by atomic mass is 32.1. The fraction of sp³-hybridized carbons (Fsp3) is 0.429. The second kappa shape index (κ2) is 8.86. The number of carbonyl (C=O) groups is 2. The maximum atomic E-state index is 13.1. The van der Waals surface area contributed by atoms with Crippen LogP contribution in [-0.4, -0.2) is 67.0 Å². The van der Waals surface area contributed by atoms with Gasteiger partial charge in [0, 0.05) is 39.3 Å². The van der Waals surface area contributed by atoms with Gasteiger partial charge in [-0.05, 0) is 36.4 Å². The minimum absolute atomic E-state index is 0.0288. The molecule has 1 atom stereocenters. The van der Waals surface area contributed by atoms with Gasteiger partial charge in [-0.25, -0.2) is 0 Å². The van der Waals surface area contributed by atoms with Crippen molar-refractivity contribution in [2.75, 3.05) is 44.6 Å². The van der Waals surface area contributed by atoms with E-state index in [1.54, 1.807) is 18.2 Å². The normalized spacial score (nSPS) is 20.3. The minimum atomic E-state index is -0.184. The summed E-state index contributed by atoms with van der Waals surface area (Å²) < 4.78 is 5.72. The topological polar surface area (TPSA) is 61.9 Å². The van der Waals surface area contributed by atoms with Gasteiger partial charge >= 0.3 is 0 Å². The fourth-order valence-electron chi connectivity index (χ4n) is 3.75. The first kappa shape index (κ1) is 19.1. The van der Waals surface area contributed by atoms with Crippen molar-refractivity contribution in [1.29, 1.82) is 0 Å². The molecule has 0 radical (unpaired) electrons. The maximum absolute atomic E-state index is 13.1. The molecule has 148 valence electrons. The van der Waals surface area contributed by atoms with Crippen LogP contribution in [0.15, 0.2) is 41.8 Å². The Kier molecular flexibility index (Phi) is 6.04. The van der Waals surface area contributed by atoms with E-state index in [9.17, 15) is 9.59 Å². The highest BCUT2D eigenvalue weighted by Gasteiger charge is 2.26. The number of piperazine rings is 1. The Morgan fingerprint density at radius 3 is 2.64 bits per heavy atom. The molecule has 2 fully saturated rings. The van der Waals surface area contributed by atoms with Gasteiger partial charge in [0.1, 0.15) is 0 Å². The third kappa shape index (κ3) is 4.43. The summed E-state index contributed by atoms with van der Waals surface area (Å²) in [5.41, 5.74) is 1.10. The molecule has 0 saturated carbocycles. The summed E-state index contributed by atoms with van der Waals surface area (Å²) in [6.45, 7) is 4.93. The Morgan fingerprint density at radius 1 is 1.11 bits per heavy atom. The van der Waals surface area contributed by atoms with E-state index in [0.717, 1.165) is 39.1 Å². The van der Waals surface area contributed by atoms with Gasteiger partial charge in [-0.2, -0.15) is 0 Å². The second-order valence-corrected chi connectivity index (χ2v) is 8.15. The van der Waals surface area contributed by atoms with Crippen molar-refractivity contribution < 1.29 is 14.3 Å². The smallest absolute Gasteiger partial charge is 0.265 e. The molecule has 1 N–H and O–H groups in total. The summed E-state index contributed by atoms with van der Waals surface area (Å²) in [5, 5.41) is 4.75. The van der Waals surface area contributed by atoms with Gasteiger partial charge in [-0.3, -0.25) is 14.5 Å². The molecule has 4 rings (SSSR count). The molecular weight excluding hydrogens is 374 g/mol. The van der Waals surface area contributed by atoms with E-state index in [1.807, 2.05) is 28.5 Å². The lowest BCUT2D eigenvalue weighted by Crippen LogP contribution is -2.50. The predicted octanol–water partition coefficient (Wildman–Crippen LogP) is 2.94. The Hall–Kier alpha value is -2.22. The van der Waals surface area contributed by atoms with Crippen LogP contribution >= 0.6 is 11.3 Å². The summed E-state index contributed by atoms with van der Waals surface area (Å²) >= 11 is 1.38. The lowest BCUT2D eigenvalue weighted by molar-refractivity contribution is 0.0433. The Balaban J connectivity index is 1.38. The molecule has 1 unspecified atom stereocenters. The van der Waals surface area contributed by atoms with Crippen LogP contribution in [-0.2, 0) is 4.74 Å². The van der Waals surface area contributed by atoms with E-state index >= 15 is 0 Å². The zero-order valence-electron chi connectivity index (χ0n) is 15.8. The van der Waals surface area contributed by atoms with Crippen LogP contribution in [0.2, 0.25) is 0 Å². The largest absolute Gasteiger partial charge is 0.377 e. The number of hydrogen-bond donors (Lipinski definition) is 1. The van der Waals surface area contributed by atoms with Crippen molar-refractivity contribution >= 4 is 28.8 Å². The highest BCUT2D eigenvalue weighted by molar-refractivity contribution is 7.12. The summed E-state index contributed by atoms with van der Waals surface area (Å²) in [4.78, 5) is 30.3. The molecule has 28 heavy (non-hydrogen) atoms. The molecule has 0 aliphatic carbocycles. The van der Waals surface area contributed by atoms with Crippen LogP contribution in [0, 0.1) is 0 Å². The molecule has 2 aliphatic rings. The molecule has 2 amide bonds. The SMILES string of the molecule is O=C(Nc1ccccc1C(=O)N1CCN(CC2CCCO2)CC1)c1cccs1. The van der Waals surface area contributed by atoms with E-state index in [0.29, 0.717) is 35.3 Å². The number of anilines is 1. The van der Waals surface area contributed by atoms with E-state index in [4.69, 9.17) is 4.74 Å². The zero-order valence-corrected chi connectivity index (χ0v) is 16.6. The Labute approximate surface area is 169 Å². The monoisotopic (exact) mass is 399 g/mol. The number of amides is 2. The Morgan fingerprint density at radius 2 is 1.93 bits per heavy atom. The van der Waals surface area contributed by atoms with Crippen molar-refractivity contribution in [3.63, 3.8) is 0 Å². The van der Waals surface area contributed by atoms with Gasteiger partial charge in [-0.15, -0.1) is 11.3 Å². The van der Waals surface area contributed by atoms with Gasteiger partial charge in [0.05, 0.1) is 22.2 Å². The maximum Gasteiger partial charge on any atom is 0.265 e. The second-order valence-electron chi connectivity index (χ2n) is 7.20. The lowest BCUT2D eigenvalue weighted by atomic mass is 10.1. The summed E-state index contributed by atoms with van der Waals surface area (Å²) in [5.74, 6) is -0.213. The summed E-state index contributed by atoms with van der Waals surface area (Å²) in [7, 11) is 0. The molecular formula is C21H25N3O3S. The number of nitrogens with zero attached hydrogens (tertiary/aromatic N) is 2. The van der Waals surface area contributed by atoms with E-state index in [2.05, 4.69) is 10.2 Å². The highest BCUT2D eigenvalue weighted by Crippen LogP contribution is 2.21. The predicted molar refractivity (Wildman–Crippen MR) is 110 cm³/mol. The van der Waals surface area contributed by atoms with Crippen molar-refractivity contribution in [3.8, 4) is 0 Å². The van der Waals surface area contributed by atoms with Gasteiger partial charge < -0.3 is 15.0 Å². The Bertz CT molecular complexity index is 810. The number of carbonyl (C=O) groups excluding carboxylic acids is 2. The summed E-state index contributed by atoms with van der Waals surface area (Å²) in [6, 6.07) is 10.9. The molecule has 6 nitrogen and oxygen atoms in total. The van der Waals surface area contributed by atoms with Gasteiger partial charge in [0.2, 0.25) is 0 Å².